The normalized spacial score (nSPS) is 29.1. The van der Waals surface area contributed by atoms with Gasteiger partial charge in [-0.3, -0.25) is 19.2 Å². The Morgan fingerprint density at radius 1 is 0.762 bits per heavy atom. The molecule has 0 N–H and O–H groups in total. The van der Waals surface area contributed by atoms with Crippen LogP contribution in [-0.2, 0) is 19.2 Å². The zero-order chi connectivity index (χ0) is 16.2. The van der Waals surface area contributed by atoms with E-state index in [9.17, 15) is 19.2 Å². The molecule has 114 valence electrons. The maximum absolute atomic E-state index is 11.1. The van der Waals surface area contributed by atoms with Crippen LogP contribution in [0.15, 0.2) is 24.3 Å². The SMILES string of the molecule is O=C(Cl)/C=C/C(=O)Cl.O=C(Cl)C1C2C=CC(C2)C1C(=O)Cl. The minimum Gasteiger partial charge on any atom is -0.281 e. The first-order valence-corrected chi connectivity index (χ1v) is 7.39. The van der Waals surface area contributed by atoms with E-state index in [1.807, 2.05) is 12.2 Å². The Morgan fingerprint density at radius 2 is 1.10 bits per heavy atom. The summed E-state index contributed by atoms with van der Waals surface area (Å²) < 4.78 is 0. The van der Waals surface area contributed by atoms with E-state index in [4.69, 9.17) is 46.4 Å². The van der Waals surface area contributed by atoms with Crippen molar-refractivity contribution in [2.45, 2.75) is 6.42 Å². The molecular weight excluding hydrogens is 362 g/mol. The molecule has 2 rings (SSSR count). The van der Waals surface area contributed by atoms with Crippen molar-refractivity contribution >= 4 is 67.4 Å². The van der Waals surface area contributed by atoms with Gasteiger partial charge in [-0.1, -0.05) is 12.2 Å². The van der Waals surface area contributed by atoms with Crippen molar-refractivity contribution in [1.29, 1.82) is 0 Å². The molecule has 0 radical (unpaired) electrons. The van der Waals surface area contributed by atoms with Gasteiger partial charge in [-0.2, -0.15) is 0 Å². The highest BCUT2D eigenvalue weighted by molar-refractivity contribution is 6.69. The molecule has 0 aromatic carbocycles. The molecule has 0 amide bonds. The fourth-order valence-electron chi connectivity index (χ4n) is 2.57. The summed E-state index contributed by atoms with van der Waals surface area (Å²) in [6.45, 7) is 0. The van der Waals surface area contributed by atoms with Gasteiger partial charge < -0.3 is 0 Å². The predicted molar refractivity (Wildman–Crippen MR) is 80.3 cm³/mol. The maximum atomic E-state index is 11.1. The zero-order valence-corrected chi connectivity index (χ0v) is 13.5. The molecule has 1 saturated carbocycles. The minimum absolute atomic E-state index is 0.127. The summed E-state index contributed by atoms with van der Waals surface area (Å²) in [5, 5.41) is -2.29. The highest BCUT2D eigenvalue weighted by atomic mass is 35.5. The third kappa shape index (κ3) is 5.22. The van der Waals surface area contributed by atoms with Crippen LogP contribution in [0.5, 0.6) is 0 Å². The van der Waals surface area contributed by atoms with Gasteiger partial charge in [-0.25, -0.2) is 0 Å². The predicted octanol–water partition coefficient (Wildman–Crippen LogP) is 3.03. The van der Waals surface area contributed by atoms with Crippen LogP contribution in [0.4, 0.5) is 0 Å². The smallest absolute Gasteiger partial charge is 0.245 e. The maximum Gasteiger partial charge on any atom is 0.245 e. The van der Waals surface area contributed by atoms with Crippen molar-refractivity contribution in [3.05, 3.63) is 24.3 Å². The molecule has 4 nitrogen and oxygen atoms in total. The molecule has 0 aromatic rings. The largest absolute Gasteiger partial charge is 0.281 e. The third-order valence-corrected chi connectivity index (χ3v) is 4.08. The van der Waals surface area contributed by atoms with Crippen LogP contribution in [0.2, 0.25) is 0 Å². The van der Waals surface area contributed by atoms with Crippen molar-refractivity contribution in [1.82, 2.24) is 0 Å². The highest BCUT2D eigenvalue weighted by Crippen LogP contribution is 2.49. The summed E-state index contributed by atoms with van der Waals surface area (Å²) in [6.07, 6.45) is 6.54. The van der Waals surface area contributed by atoms with E-state index < -0.39 is 21.0 Å². The Hall–Kier alpha value is -0.680. The number of fused-ring (bicyclic) bond motifs is 2. The molecule has 0 aliphatic heterocycles. The Morgan fingerprint density at radius 3 is 1.33 bits per heavy atom. The fraction of sp³-hybridized carbons (Fsp3) is 0.385. The molecule has 0 saturated heterocycles. The van der Waals surface area contributed by atoms with Crippen LogP contribution >= 0.6 is 46.4 Å². The Bertz CT molecular complexity index is 482. The number of halogens is 4. The topological polar surface area (TPSA) is 68.3 Å². The van der Waals surface area contributed by atoms with Crippen molar-refractivity contribution in [3.8, 4) is 0 Å². The summed E-state index contributed by atoms with van der Waals surface area (Å²) in [6, 6.07) is 0. The molecule has 2 aliphatic carbocycles. The Kier molecular flexibility index (Phi) is 7.07. The lowest BCUT2D eigenvalue weighted by atomic mass is 9.85. The fourth-order valence-corrected chi connectivity index (χ4v) is 3.29. The van der Waals surface area contributed by atoms with Crippen molar-refractivity contribution in [3.63, 3.8) is 0 Å². The number of hydrogen-bond acceptors (Lipinski definition) is 4. The number of carbonyl (C=O) groups excluding carboxylic acids is 4. The number of hydrogen-bond donors (Lipinski definition) is 0. The van der Waals surface area contributed by atoms with E-state index in [1.165, 1.54) is 0 Å². The van der Waals surface area contributed by atoms with Crippen molar-refractivity contribution in [2.75, 3.05) is 0 Å². The summed E-state index contributed by atoms with van der Waals surface area (Å²) in [5.41, 5.74) is 0. The van der Waals surface area contributed by atoms with Gasteiger partial charge in [0.2, 0.25) is 21.0 Å². The molecule has 1 fully saturated rings. The van der Waals surface area contributed by atoms with Gasteiger partial charge in [-0.05, 0) is 64.7 Å². The molecule has 4 atom stereocenters. The molecule has 2 bridgehead atoms. The van der Waals surface area contributed by atoms with Crippen LogP contribution in [-0.4, -0.2) is 21.0 Å². The molecule has 4 unspecified atom stereocenters. The Labute approximate surface area is 141 Å². The van der Waals surface area contributed by atoms with Gasteiger partial charge in [0.05, 0.1) is 11.8 Å². The van der Waals surface area contributed by atoms with Gasteiger partial charge in [0.15, 0.2) is 0 Å². The number of carbonyl (C=O) groups is 4. The van der Waals surface area contributed by atoms with E-state index in [0.29, 0.717) is 0 Å². The summed E-state index contributed by atoms with van der Waals surface area (Å²) >= 11 is 20.4. The second kappa shape index (κ2) is 8.08. The monoisotopic (exact) mass is 370 g/mol. The first-order valence-electron chi connectivity index (χ1n) is 5.88. The van der Waals surface area contributed by atoms with Crippen molar-refractivity contribution in [2.24, 2.45) is 23.7 Å². The van der Waals surface area contributed by atoms with Gasteiger partial charge in [0, 0.05) is 12.2 Å². The standard InChI is InChI=1S/C9H8Cl2O2.C4H2Cl2O2/c10-8(12)6-4-1-2-5(3-4)7(6)9(11)13;5-3(7)1-2-4(6)8/h1-2,4-7H,3H2;1-2H/b;2-1+. The lowest BCUT2D eigenvalue weighted by Gasteiger charge is -2.20. The summed E-state index contributed by atoms with van der Waals surface area (Å²) in [7, 11) is 0. The lowest BCUT2D eigenvalue weighted by Crippen LogP contribution is -2.28. The second-order valence-electron chi connectivity index (χ2n) is 4.55. The van der Waals surface area contributed by atoms with Crippen LogP contribution in [0.3, 0.4) is 0 Å². The van der Waals surface area contributed by atoms with Gasteiger partial charge in [-0.15, -0.1) is 0 Å². The average molecular weight is 372 g/mol. The third-order valence-electron chi connectivity index (χ3n) is 3.33. The molecule has 0 aromatic heterocycles. The van der Waals surface area contributed by atoms with Gasteiger partial charge in [0.1, 0.15) is 0 Å². The van der Waals surface area contributed by atoms with Crippen LogP contribution in [0.25, 0.3) is 0 Å². The zero-order valence-electron chi connectivity index (χ0n) is 10.5. The van der Waals surface area contributed by atoms with E-state index in [-0.39, 0.29) is 23.7 Å². The first kappa shape index (κ1) is 18.4. The lowest BCUT2D eigenvalue weighted by molar-refractivity contribution is -0.124. The van der Waals surface area contributed by atoms with Crippen LogP contribution < -0.4 is 0 Å². The van der Waals surface area contributed by atoms with Gasteiger partial charge >= 0.3 is 0 Å². The highest BCUT2D eigenvalue weighted by Gasteiger charge is 2.50. The summed E-state index contributed by atoms with van der Waals surface area (Å²) in [5.74, 6) is -0.520. The average Bonchev–Trinajstić information content (AvgIpc) is 2.96. The van der Waals surface area contributed by atoms with Gasteiger partial charge in [0.25, 0.3) is 0 Å². The first-order chi connectivity index (χ1) is 9.73. The second-order valence-corrected chi connectivity index (χ2v) is 6.04. The molecular formula is C13H10Cl4O4. The summed E-state index contributed by atoms with van der Waals surface area (Å²) in [4.78, 5) is 41.8. The molecule has 2 aliphatic rings. The minimum atomic E-state index is -0.709. The quantitative estimate of drug-likeness (QED) is 0.432. The van der Waals surface area contributed by atoms with Crippen LogP contribution in [0.1, 0.15) is 6.42 Å². The van der Waals surface area contributed by atoms with Crippen molar-refractivity contribution < 1.29 is 19.2 Å². The molecule has 21 heavy (non-hydrogen) atoms. The molecule has 8 heteroatoms. The number of allylic oxidation sites excluding steroid dienone is 4. The number of rotatable bonds is 4. The van der Waals surface area contributed by atoms with E-state index in [0.717, 1.165) is 18.6 Å². The van der Waals surface area contributed by atoms with E-state index >= 15 is 0 Å². The Balaban J connectivity index is 0.000000240. The van der Waals surface area contributed by atoms with Crippen LogP contribution in [0, 0.1) is 23.7 Å². The van der Waals surface area contributed by atoms with E-state index in [1.54, 1.807) is 0 Å². The molecule has 0 spiro atoms. The van der Waals surface area contributed by atoms with E-state index in [2.05, 4.69) is 0 Å². The molecule has 0 heterocycles.